The zero-order chi connectivity index (χ0) is 12.5. The minimum absolute atomic E-state index is 0.202. The van der Waals surface area contributed by atoms with Gasteiger partial charge in [-0.2, -0.15) is 4.98 Å². The van der Waals surface area contributed by atoms with Crippen LogP contribution in [-0.2, 0) is 0 Å². The molecule has 2 unspecified atom stereocenters. The summed E-state index contributed by atoms with van der Waals surface area (Å²) in [5.41, 5.74) is 0.870. The molecule has 2 aromatic heterocycles. The molecule has 0 saturated heterocycles. The number of nitrogens with zero attached hydrogens (tertiary/aromatic N) is 3. The fourth-order valence-corrected chi connectivity index (χ4v) is 2.90. The number of halogens is 1. The van der Waals surface area contributed by atoms with Gasteiger partial charge in [-0.25, -0.2) is 4.98 Å². The first kappa shape index (κ1) is 11.9. The Morgan fingerprint density at radius 2 is 2.17 bits per heavy atom. The predicted molar refractivity (Wildman–Crippen MR) is 70.7 cm³/mol. The van der Waals surface area contributed by atoms with Crippen molar-refractivity contribution in [3.05, 3.63) is 23.7 Å². The highest BCUT2D eigenvalue weighted by atomic mass is 35.5. The van der Waals surface area contributed by atoms with Crippen molar-refractivity contribution >= 4 is 22.6 Å². The summed E-state index contributed by atoms with van der Waals surface area (Å²) in [5, 5.41) is 11.2. The van der Waals surface area contributed by atoms with Gasteiger partial charge in [0.05, 0.1) is 6.10 Å². The Morgan fingerprint density at radius 3 is 3.06 bits per heavy atom. The van der Waals surface area contributed by atoms with Crippen LogP contribution >= 0.6 is 11.6 Å². The van der Waals surface area contributed by atoms with Gasteiger partial charge >= 0.3 is 0 Å². The van der Waals surface area contributed by atoms with Crippen LogP contribution in [0.2, 0.25) is 5.28 Å². The fourth-order valence-electron chi connectivity index (χ4n) is 2.77. The summed E-state index contributed by atoms with van der Waals surface area (Å²) in [5.74, 6) is 0. The van der Waals surface area contributed by atoms with Crippen molar-refractivity contribution in [1.29, 1.82) is 0 Å². The lowest BCUT2D eigenvalue weighted by Crippen LogP contribution is -2.14. The molecule has 0 bridgehead atoms. The Labute approximate surface area is 111 Å². The molecule has 2 heterocycles. The van der Waals surface area contributed by atoms with Crippen molar-refractivity contribution in [2.75, 3.05) is 0 Å². The Morgan fingerprint density at radius 1 is 1.33 bits per heavy atom. The third-order valence-electron chi connectivity index (χ3n) is 3.69. The summed E-state index contributed by atoms with van der Waals surface area (Å²) >= 11 is 5.86. The zero-order valence-electron chi connectivity index (χ0n) is 10.1. The summed E-state index contributed by atoms with van der Waals surface area (Å²) in [7, 11) is 0. The van der Waals surface area contributed by atoms with E-state index >= 15 is 0 Å². The molecule has 1 N–H and O–H groups in total. The monoisotopic (exact) mass is 265 g/mol. The van der Waals surface area contributed by atoms with E-state index in [9.17, 15) is 5.11 Å². The van der Waals surface area contributed by atoms with E-state index in [4.69, 9.17) is 11.6 Å². The van der Waals surface area contributed by atoms with Gasteiger partial charge in [-0.3, -0.25) is 0 Å². The molecule has 96 valence electrons. The predicted octanol–water partition coefficient (Wildman–Crippen LogP) is 2.95. The largest absolute Gasteiger partial charge is 0.393 e. The quantitative estimate of drug-likeness (QED) is 0.637. The molecule has 0 amide bonds. The van der Waals surface area contributed by atoms with Gasteiger partial charge in [0, 0.05) is 23.8 Å². The zero-order valence-corrected chi connectivity index (χ0v) is 10.8. The first-order valence-electron chi connectivity index (χ1n) is 6.41. The van der Waals surface area contributed by atoms with Gasteiger partial charge in [0.25, 0.3) is 0 Å². The Balaban J connectivity index is 1.99. The fraction of sp³-hybridized carbons (Fsp3) is 0.538. The van der Waals surface area contributed by atoms with E-state index in [-0.39, 0.29) is 11.4 Å². The molecule has 1 fully saturated rings. The molecule has 18 heavy (non-hydrogen) atoms. The van der Waals surface area contributed by atoms with Crippen LogP contribution in [-0.4, -0.2) is 25.7 Å². The van der Waals surface area contributed by atoms with Crippen LogP contribution in [0.4, 0.5) is 0 Å². The molecule has 3 rings (SSSR count). The van der Waals surface area contributed by atoms with Gasteiger partial charge in [0.2, 0.25) is 5.28 Å². The van der Waals surface area contributed by atoms with E-state index in [2.05, 4.69) is 14.5 Å². The molecule has 2 aromatic rings. The number of hydrogen-bond donors (Lipinski definition) is 1. The molecule has 1 aliphatic carbocycles. The van der Waals surface area contributed by atoms with Crippen LogP contribution in [0.3, 0.4) is 0 Å². The highest BCUT2D eigenvalue weighted by Gasteiger charge is 2.21. The SMILES string of the molecule is OC1CCCCC(n2ccc3cnc(Cl)nc32)C1. The van der Waals surface area contributed by atoms with Gasteiger partial charge in [-0.05, 0) is 36.9 Å². The first-order valence-corrected chi connectivity index (χ1v) is 6.79. The van der Waals surface area contributed by atoms with E-state index in [0.717, 1.165) is 43.1 Å². The van der Waals surface area contributed by atoms with Crippen molar-refractivity contribution in [3.63, 3.8) is 0 Å². The molecule has 4 nitrogen and oxygen atoms in total. The third kappa shape index (κ3) is 2.22. The summed E-state index contributed by atoms with van der Waals surface area (Å²) in [4.78, 5) is 8.29. The molecule has 0 aliphatic heterocycles. The molecule has 0 aromatic carbocycles. The molecular formula is C13H16ClN3O. The normalized spacial score (nSPS) is 25.2. The number of aliphatic hydroxyl groups is 1. The molecule has 2 atom stereocenters. The standard InChI is InChI=1S/C13H16ClN3O/c14-13-15-8-9-5-6-17(12(9)16-13)10-3-1-2-4-11(18)7-10/h5-6,8,10-11,18H,1-4,7H2. The summed E-state index contributed by atoms with van der Waals surface area (Å²) in [6.45, 7) is 0. The second-order valence-corrected chi connectivity index (χ2v) is 5.31. The van der Waals surface area contributed by atoms with E-state index in [1.807, 2.05) is 12.3 Å². The molecule has 1 aliphatic rings. The van der Waals surface area contributed by atoms with Crippen LogP contribution in [0.1, 0.15) is 38.1 Å². The van der Waals surface area contributed by atoms with Crippen LogP contribution in [0.25, 0.3) is 11.0 Å². The van der Waals surface area contributed by atoms with Crippen molar-refractivity contribution in [2.45, 2.75) is 44.2 Å². The smallest absolute Gasteiger partial charge is 0.224 e. The first-order chi connectivity index (χ1) is 8.74. The van der Waals surface area contributed by atoms with Gasteiger partial charge in [0.1, 0.15) is 5.65 Å². The minimum Gasteiger partial charge on any atom is -0.393 e. The maximum Gasteiger partial charge on any atom is 0.224 e. The van der Waals surface area contributed by atoms with Gasteiger partial charge in [-0.1, -0.05) is 12.8 Å². The lowest BCUT2D eigenvalue weighted by atomic mass is 10.1. The number of aromatic nitrogens is 3. The van der Waals surface area contributed by atoms with E-state index < -0.39 is 0 Å². The van der Waals surface area contributed by atoms with E-state index in [1.165, 1.54) is 0 Å². The Hall–Kier alpha value is -1.13. The van der Waals surface area contributed by atoms with Crippen molar-refractivity contribution in [1.82, 2.24) is 14.5 Å². The van der Waals surface area contributed by atoms with Gasteiger partial charge < -0.3 is 9.67 Å². The third-order valence-corrected chi connectivity index (χ3v) is 3.87. The van der Waals surface area contributed by atoms with Crippen LogP contribution in [0.15, 0.2) is 18.5 Å². The van der Waals surface area contributed by atoms with Crippen molar-refractivity contribution < 1.29 is 5.11 Å². The molecule has 0 spiro atoms. The maximum atomic E-state index is 9.91. The van der Waals surface area contributed by atoms with Gasteiger partial charge in [-0.15, -0.1) is 0 Å². The molecular weight excluding hydrogens is 250 g/mol. The molecule has 0 radical (unpaired) electrons. The number of hydrogen-bond acceptors (Lipinski definition) is 3. The van der Waals surface area contributed by atoms with Crippen LogP contribution in [0, 0.1) is 0 Å². The van der Waals surface area contributed by atoms with Crippen LogP contribution in [0.5, 0.6) is 0 Å². The molecule has 5 heteroatoms. The topological polar surface area (TPSA) is 50.9 Å². The second kappa shape index (κ2) is 4.86. The average molecular weight is 266 g/mol. The van der Waals surface area contributed by atoms with Crippen molar-refractivity contribution in [3.8, 4) is 0 Å². The average Bonchev–Trinajstić information content (AvgIpc) is 2.64. The summed E-state index contributed by atoms with van der Waals surface area (Å²) in [6, 6.07) is 2.31. The minimum atomic E-state index is -0.202. The Bertz CT molecular complexity index is 554. The lowest BCUT2D eigenvalue weighted by molar-refractivity contribution is 0.143. The highest BCUT2D eigenvalue weighted by Crippen LogP contribution is 2.30. The number of rotatable bonds is 1. The van der Waals surface area contributed by atoms with Crippen LogP contribution < -0.4 is 0 Å². The number of fused-ring (bicyclic) bond motifs is 1. The lowest BCUT2D eigenvalue weighted by Gasteiger charge is -2.19. The second-order valence-electron chi connectivity index (χ2n) is 4.97. The molecule has 1 saturated carbocycles. The van der Waals surface area contributed by atoms with Crippen molar-refractivity contribution in [2.24, 2.45) is 0 Å². The number of aliphatic hydroxyl groups excluding tert-OH is 1. The maximum absolute atomic E-state index is 9.91. The Kier molecular flexibility index (Phi) is 3.22. The summed E-state index contributed by atoms with van der Waals surface area (Å²) in [6.07, 6.45) is 8.62. The summed E-state index contributed by atoms with van der Waals surface area (Å²) < 4.78 is 2.14. The van der Waals surface area contributed by atoms with Gasteiger partial charge in [0.15, 0.2) is 0 Å². The van der Waals surface area contributed by atoms with E-state index in [1.54, 1.807) is 6.20 Å². The van der Waals surface area contributed by atoms with E-state index in [0.29, 0.717) is 6.04 Å². The highest BCUT2D eigenvalue weighted by molar-refractivity contribution is 6.28.